The fraction of sp³-hybridized carbons (Fsp3) is 0.208. The lowest BCUT2D eigenvalue weighted by molar-refractivity contribution is 0.0746. The zero-order valence-corrected chi connectivity index (χ0v) is 18.5. The van der Waals surface area contributed by atoms with E-state index in [9.17, 15) is 9.59 Å². The van der Waals surface area contributed by atoms with Gasteiger partial charge in [0, 0.05) is 43.1 Å². The Balaban J connectivity index is 1.28. The molecule has 2 N–H and O–H groups in total. The first-order valence-corrected chi connectivity index (χ1v) is 10.8. The van der Waals surface area contributed by atoms with E-state index in [1.165, 1.54) is 6.26 Å². The van der Waals surface area contributed by atoms with Gasteiger partial charge in [0.2, 0.25) is 0 Å². The van der Waals surface area contributed by atoms with Crippen LogP contribution in [0.3, 0.4) is 0 Å². The normalized spacial score (nSPS) is 13.5. The number of benzene rings is 2. The molecule has 32 heavy (non-hydrogen) atoms. The summed E-state index contributed by atoms with van der Waals surface area (Å²) in [4.78, 5) is 28.8. The van der Waals surface area contributed by atoms with E-state index in [-0.39, 0.29) is 16.8 Å². The fourth-order valence-electron chi connectivity index (χ4n) is 3.54. The molecule has 0 saturated carbocycles. The van der Waals surface area contributed by atoms with E-state index in [1.54, 1.807) is 12.1 Å². The van der Waals surface area contributed by atoms with E-state index in [2.05, 4.69) is 15.5 Å². The fourth-order valence-corrected chi connectivity index (χ4v) is 3.75. The molecule has 2 aromatic carbocycles. The number of hydrogen-bond donors (Lipinski definition) is 2. The van der Waals surface area contributed by atoms with E-state index < -0.39 is 5.91 Å². The molecule has 1 aromatic heterocycles. The molecule has 164 valence electrons. The first kappa shape index (κ1) is 21.6. The number of furan rings is 1. The molecule has 2 amide bonds. The Morgan fingerprint density at radius 1 is 0.938 bits per heavy atom. The molecule has 0 aliphatic carbocycles. The third-order valence-corrected chi connectivity index (χ3v) is 5.53. The average Bonchev–Trinajstić information content (AvgIpc) is 3.35. The molecule has 1 saturated heterocycles. The van der Waals surface area contributed by atoms with Crippen LogP contribution >= 0.6 is 12.2 Å². The topological polar surface area (TPSA) is 77.8 Å². The van der Waals surface area contributed by atoms with Gasteiger partial charge in [0.25, 0.3) is 11.8 Å². The number of anilines is 2. The van der Waals surface area contributed by atoms with Gasteiger partial charge < -0.3 is 19.5 Å². The first-order chi connectivity index (χ1) is 15.5. The van der Waals surface area contributed by atoms with Gasteiger partial charge >= 0.3 is 0 Å². The van der Waals surface area contributed by atoms with Gasteiger partial charge in [0.05, 0.1) is 6.26 Å². The van der Waals surface area contributed by atoms with Crippen LogP contribution in [0.1, 0.15) is 26.5 Å². The minimum absolute atomic E-state index is 0.0781. The van der Waals surface area contributed by atoms with E-state index >= 15 is 0 Å². The second-order valence-electron chi connectivity index (χ2n) is 7.58. The maximum atomic E-state index is 12.7. The summed E-state index contributed by atoms with van der Waals surface area (Å²) in [5, 5.41) is 5.77. The van der Waals surface area contributed by atoms with Gasteiger partial charge in [0.15, 0.2) is 10.9 Å². The Hall–Kier alpha value is -3.65. The van der Waals surface area contributed by atoms with Gasteiger partial charge in [-0.1, -0.05) is 17.7 Å². The van der Waals surface area contributed by atoms with Crippen molar-refractivity contribution in [2.75, 3.05) is 36.4 Å². The van der Waals surface area contributed by atoms with Crippen molar-refractivity contribution in [2.24, 2.45) is 0 Å². The van der Waals surface area contributed by atoms with Crippen molar-refractivity contribution in [1.29, 1.82) is 0 Å². The number of piperazine rings is 1. The molecule has 7 nitrogen and oxygen atoms in total. The standard InChI is InChI=1S/C24H24N4O3S/c1-17-4-6-18(7-5-17)23(30)28-14-12-27(13-15-28)20-10-8-19(9-11-20)25-24(32)26-22(29)21-3-2-16-31-21/h2-11,16H,12-15H2,1H3,(H2,25,26,29,32). The molecule has 0 spiro atoms. The Morgan fingerprint density at radius 3 is 2.25 bits per heavy atom. The molecular weight excluding hydrogens is 424 g/mol. The number of rotatable bonds is 4. The summed E-state index contributed by atoms with van der Waals surface area (Å²) in [6, 6.07) is 18.7. The maximum Gasteiger partial charge on any atom is 0.293 e. The van der Waals surface area contributed by atoms with Crippen LogP contribution in [0.25, 0.3) is 0 Å². The lowest BCUT2D eigenvalue weighted by Crippen LogP contribution is -2.48. The van der Waals surface area contributed by atoms with Crippen molar-refractivity contribution in [1.82, 2.24) is 10.2 Å². The number of thiocarbonyl (C=S) groups is 1. The third kappa shape index (κ3) is 5.15. The predicted octanol–water partition coefficient (Wildman–Crippen LogP) is 3.68. The van der Waals surface area contributed by atoms with E-state index in [0.29, 0.717) is 13.1 Å². The summed E-state index contributed by atoms with van der Waals surface area (Å²) >= 11 is 5.20. The number of nitrogens with zero attached hydrogens (tertiary/aromatic N) is 2. The van der Waals surface area contributed by atoms with Gasteiger partial charge in [-0.3, -0.25) is 14.9 Å². The minimum Gasteiger partial charge on any atom is -0.459 e. The van der Waals surface area contributed by atoms with E-state index in [1.807, 2.05) is 60.4 Å². The molecule has 0 unspecified atom stereocenters. The van der Waals surface area contributed by atoms with Crippen LogP contribution in [-0.4, -0.2) is 48.0 Å². The average molecular weight is 449 g/mol. The molecule has 8 heteroatoms. The SMILES string of the molecule is Cc1ccc(C(=O)N2CCN(c3ccc(NC(=S)NC(=O)c4ccco4)cc3)CC2)cc1. The highest BCUT2D eigenvalue weighted by Crippen LogP contribution is 2.20. The van der Waals surface area contributed by atoms with Gasteiger partial charge in [-0.05, 0) is 67.7 Å². The quantitative estimate of drug-likeness (QED) is 0.593. The lowest BCUT2D eigenvalue weighted by atomic mass is 10.1. The summed E-state index contributed by atoms with van der Waals surface area (Å²) < 4.78 is 5.05. The number of carbonyl (C=O) groups is 2. The molecule has 1 aliphatic heterocycles. The van der Waals surface area contributed by atoms with Crippen molar-refractivity contribution in [3.8, 4) is 0 Å². The highest BCUT2D eigenvalue weighted by molar-refractivity contribution is 7.80. The second-order valence-corrected chi connectivity index (χ2v) is 7.99. The molecule has 2 heterocycles. The number of carbonyl (C=O) groups excluding carboxylic acids is 2. The minimum atomic E-state index is -0.401. The Kier molecular flexibility index (Phi) is 6.51. The van der Waals surface area contributed by atoms with Gasteiger partial charge in [-0.25, -0.2) is 0 Å². The van der Waals surface area contributed by atoms with Crippen molar-refractivity contribution < 1.29 is 14.0 Å². The largest absolute Gasteiger partial charge is 0.459 e. The highest BCUT2D eigenvalue weighted by atomic mass is 32.1. The number of nitrogens with one attached hydrogen (secondary N) is 2. The summed E-state index contributed by atoms with van der Waals surface area (Å²) in [7, 11) is 0. The molecule has 0 atom stereocenters. The van der Waals surface area contributed by atoms with Crippen LogP contribution in [0, 0.1) is 6.92 Å². The molecule has 3 aromatic rings. The molecule has 0 bridgehead atoms. The van der Waals surface area contributed by atoms with Crippen LogP contribution in [0.4, 0.5) is 11.4 Å². The van der Waals surface area contributed by atoms with Gasteiger partial charge in [-0.2, -0.15) is 0 Å². The van der Waals surface area contributed by atoms with Crippen molar-refractivity contribution >= 4 is 40.5 Å². The zero-order valence-electron chi connectivity index (χ0n) is 17.7. The maximum absolute atomic E-state index is 12.7. The van der Waals surface area contributed by atoms with Crippen LogP contribution in [0.2, 0.25) is 0 Å². The molecule has 1 fully saturated rings. The monoisotopic (exact) mass is 448 g/mol. The first-order valence-electron chi connectivity index (χ1n) is 10.4. The van der Waals surface area contributed by atoms with Crippen molar-refractivity contribution in [2.45, 2.75) is 6.92 Å². The third-order valence-electron chi connectivity index (χ3n) is 5.33. The summed E-state index contributed by atoms with van der Waals surface area (Å²) in [6.45, 7) is 4.90. The molecule has 0 radical (unpaired) electrons. The number of amides is 2. The predicted molar refractivity (Wildman–Crippen MR) is 128 cm³/mol. The Bertz CT molecular complexity index is 1090. The van der Waals surface area contributed by atoms with E-state index in [0.717, 1.165) is 35.6 Å². The van der Waals surface area contributed by atoms with Gasteiger partial charge in [0.1, 0.15) is 0 Å². The summed E-state index contributed by atoms with van der Waals surface area (Å²) in [5.74, 6) is -0.124. The van der Waals surface area contributed by atoms with Crippen molar-refractivity contribution in [3.63, 3.8) is 0 Å². The Morgan fingerprint density at radius 2 is 1.62 bits per heavy atom. The Labute approximate surface area is 192 Å². The van der Waals surface area contributed by atoms with Crippen LogP contribution in [0.15, 0.2) is 71.3 Å². The van der Waals surface area contributed by atoms with Crippen LogP contribution in [-0.2, 0) is 0 Å². The molecular formula is C24H24N4O3S. The zero-order chi connectivity index (χ0) is 22.5. The number of hydrogen-bond acceptors (Lipinski definition) is 5. The van der Waals surface area contributed by atoms with Gasteiger partial charge in [-0.15, -0.1) is 0 Å². The summed E-state index contributed by atoms with van der Waals surface area (Å²) in [5.41, 5.74) is 3.72. The molecule has 4 rings (SSSR count). The van der Waals surface area contributed by atoms with E-state index in [4.69, 9.17) is 16.6 Å². The van der Waals surface area contributed by atoms with Crippen molar-refractivity contribution in [3.05, 3.63) is 83.8 Å². The smallest absolute Gasteiger partial charge is 0.293 e. The number of aryl methyl sites for hydroxylation is 1. The summed E-state index contributed by atoms with van der Waals surface area (Å²) in [6.07, 6.45) is 1.43. The highest BCUT2D eigenvalue weighted by Gasteiger charge is 2.22. The molecule has 1 aliphatic rings. The van der Waals surface area contributed by atoms with Crippen LogP contribution in [0.5, 0.6) is 0 Å². The van der Waals surface area contributed by atoms with Crippen LogP contribution < -0.4 is 15.5 Å². The second kappa shape index (κ2) is 9.65. The lowest BCUT2D eigenvalue weighted by Gasteiger charge is -2.36.